The fourth-order valence-electron chi connectivity index (χ4n) is 3.38. The number of benzene rings is 1. The third kappa shape index (κ3) is 4.19. The molecule has 0 radical (unpaired) electrons. The lowest BCUT2D eigenvalue weighted by Crippen LogP contribution is -2.43. The van der Waals surface area contributed by atoms with E-state index in [-0.39, 0.29) is 17.6 Å². The van der Waals surface area contributed by atoms with Crippen LogP contribution in [0.1, 0.15) is 18.4 Å². The van der Waals surface area contributed by atoms with Crippen LogP contribution < -0.4 is 10.2 Å². The van der Waals surface area contributed by atoms with Crippen LogP contribution in [0.25, 0.3) is 11.5 Å². The van der Waals surface area contributed by atoms with E-state index in [2.05, 4.69) is 20.4 Å². The van der Waals surface area contributed by atoms with E-state index < -0.39 is 0 Å². The highest BCUT2D eigenvalue weighted by molar-refractivity contribution is 5.79. The smallest absolute Gasteiger partial charge is 0.225 e. The number of halogens is 1. The first-order chi connectivity index (χ1) is 13.7. The minimum Gasteiger partial charge on any atom is -0.463 e. The van der Waals surface area contributed by atoms with Crippen LogP contribution in [0.5, 0.6) is 0 Å². The molecule has 144 valence electrons. The van der Waals surface area contributed by atoms with Gasteiger partial charge < -0.3 is 14.6 Å². The lowest BCUT2D eigenvalue weighted by Gasteiger charge is -2.32. The van der Waals surface area contributed by atoms with Crippen molar-refractivity contribution in [3.05, 3.63) is 66.2 Å². The summed E-state index contributed by atoms with van der Waals surface area (Å²) in [5.41, 5.74) is 1.56. The highest BCUT2D eigenvalue weighted by atomic mass is 19.1. The number of hydrogen-bond acceptors (Lipinski definition) is 5. The molecule has 3 heterocycles. The van der Waals surface area contributed by atoms with Crippen molar-refractivity contribution in [3.63, 3.8) is 0 Å². The Kier molecular flexibility index (Phi) is 5.32. The number of anilines is 1. The summed E-state index contributed by atoms with van der Waals surface area (Å²) in [5, 5.41) is 11.5. The fourth-order valence-corrected chi connectivity index (χ4v) is 3.38. The molecule has 1 aromatic carbocycles. The third-order valence-electron chi connectivity index (χ3n) is 4.92. The molecule has 1 aliphatic heterocycles. The average Bonchev–Trinajstić information content (AvgIpc) is 3.28. The van der Waals surface area contributed by atoms with E-state index in [0.29, 0.717) is 24.5 Å². The summed E-state index contributed by atoms with van der Waals surface area (Å²) in [6.07, 6.45) is 3.35. The lowest BCUT2D eigenvalue weighted by molar-refractivity contribution is -0.125. The maximum absolute atomic E-state index is 13.0. The van der Waals surface area contributed by atoms with Gasteiger partial charge in [0, 0.05) is 19.6 Å². The van der Waals surface area contributed by atoms with Gasteiger partial charge in [-0.1, -0.05) is 12.1 Å². The van der Waals surface area contributed by atoms with E-state index in [1.54, 1.807) is 18.4 Å². The first-order valence-corrected chi connectivity index (χ1v) is 9.34. The Morgan fingerprint density at radius 3 is 2.75 bits per heavy atom. The Morgan fingerprint density at radius 2 is 2.04 bits per heavy atom. The summed E-state index contributed by atoms with van der Waals surface area (Å²) in [6.45, 7) is 1.84. The number of aromatic nitrogens is 2. The zero-order chi connectivity index (χ0) is 19.3. The van der Waals surface area contributed by atoms with Crippen molar-refractivity contribution in [3.8, 4) is 11.5 Å². The Balaban J connectivity index is 1.35. The van der Waals surface area contributed by atoms with Crippen LogP contribution in [0.4, 0.5) is 10.2 Å². The molecule has 1 aliphatic rings. The molecule has 2 aromatic heterocycles. The normalized spacial score (nSPS) is 16.8. The zero-order valence-electron chi connectivity index (χ0n) is 15.3. The van der Waals surface area contributed by atoms with Crippen LogP contribution in [0.2, 0.25) is 0 Å². The Labute approximate surface area is 162 Å². The summed E-state index contributed by atoms with van der Waals surface area (Å²) in [6, 6.07) is 13.6. The SMILES string of the molecule is O=C(NCc1ccc(F)cc1)C1CCCN(c2ccc(-c3ccco3)nn2)C1. The number of nitrogens with one attached hydrogen (secondary N) is 1. The van der Waals surface area contributed by atoms with Crippen molar-refractivity contribution in [2.45, 2.75) is 19.4 Å². The van der Waals surface area contributed by atoms with E-state index >= 15 is 0 Å². The molecular weight excluding hydrogens is 359 g/mol. The van der Waals surface area contributed by atoms with Gasteiger partial charge in [-0.2, -0.15) is 0 Å². The van der Waals surface area contributed by atoms with Crippen LogP contribution in [0, 0.1) is 11.7 Å². The number of carbonyl (C=O) groups excluding carboxylic acids is 1. The van der Waals surface area contributed by atoms with Gasteiger partial charge in [-0.3, -0.25) is 4.79 Å². The number of furan rings is 1. The van der Waals surface area contributed by atoms with Crippen LogP contribution in [-0.4, -0.2) is 29.2 Å². The minimum atomic E-state index is -0.280. The van der Waals surface area contributed by atoms with Crippen LogP contribution in [-0.2, 0) is 11.3 Å². The molecule has 1 N–H and O–H groups in total. The first kappa shape index (κ1) is 18.2. The predicted molar refractivity (Wildman–Crippen MR) is 103 cm³/mol. The predicted octanol–water partition coefficient (Wildman–Crippen LogP) is 3.41. The summed E-state index contributed by atoms with van der Waals surface area (Å²) in [5.74, 6) is 1.05. The molecule has 0 spiro atoms. The highest BCUT2D eigenvalue weighted by Gasteiger charge is 2.26. The molecule has 1 atom stereocenters. The Hall–Kier alpha value is -3.22. The maximum atomic E-state index is 13.0. The van der Waals surface area contributed by atoms with Crippen molar-refractivity contribution in [1.29, 1.82) is 0 Å². The number of nitrogens with zero attached hydrogens (tertiary/aromatic N) is 3. The van der Waals surface area contributed by atoms with Gasteiger partial charge in [0.1, 0.15) is 11.5 Å². The lowest BCUT2D eigenvalue weighted by atomic mass is 9.97. The van der Waals surface area contributed by atoms with Crippen LogP contribution >= 0.6 is 0 Å². The number of piperidine rings is 1. The summed E-state index contributed by atoms with van der Waals surface area (Å²) in [7, 11) is 0. The molecule has 1 amide bonds. The van der Waals surface area contributed by atoms with E-state index in [1.165, 1.54) is 12.1 Å². The molecular formula is C21H21FN4O2. The second-order valence-electron chi connectivity index (χ2n) is 6.88. The summed E-state index contributed by atoms with van der Waals surface area (Å²) in [4.78, 5) is 14.7. The third-order valence-corrected chi connectivity index (χ3v) is 4.92. The van der Waals surface area contributed by atoms with Crippen LogP contribution in [0.15, 0.2) is 59.2 Å². The zero-order valence-corrected chi connectivity index (χ0v) is 15.3. The standard InChI is InChI=1S/C21H21FN4O2/c22-17-7-5-15(6-8-17)13-23-21(27)16-3-1-11-26(14-16)20-10-9-18(24-25-20)19-4-2-12-28-19/h2,4-10,12,16H,1,3,11,13-14H2,(H,23,27). The molecule has 3 aromatic rings. The molecule has 6 nitrogen and oxygen atoms in total. The Morgan fingerprint density at radius 1 is 1.18 bits per heavy atom. The van der Waals surface area contributed by atoms with E-state index in [0.717, 1.165) is 30.8 Å². The van der Waals surface area contributed by atoms with Gasteiger partial charge in [-0.15, -0.1) is 10.2 Å². The second kappa shape index (κ2) is 8.21. The molecule has 0 bridgehead atoms. The molecule has 28 heavy (non-hydrogen) atoms. The van der Waals surface area contributed by atoms with Gasteiger partial charge in [0.2, 0.25) is 5.91 Å². The van der Waals surface area contributed by atoms with Crippen molar-refractivity contribution >= 4 is 11.7 Å². The molecule has 4 rings (SSSR count). The topological polar surface area (TPSA) is 71.3 Å². The van der Waals surface area contributed by atoms with Crippen LogP contribution in [0.3, 0.4) is 0 Å². The van der Waals surface area contributed by atoms with Gasteiger partial charge >= 0.3 is 0 Å². The number of rotatable bonds is 5. The molecule has 1 unspecified atom stereocenters. The fraction of sp³-hybridized carbons (Fsp3) is 0.286. The van der Waals surface area contributed by atoms with Crippen molar-refractivity contribution < 1.29 is 13.6 Å². The van der Waals surface area contributed by atoms with Crippen molar-refractivity contribution in [2.24, 2.45) is 5.92 Å². The number of hydrogen-bond donors (Lipinski definition) is 1. The number of amides is 1. The summed E-state index contributed by atoms with van der Waals surface area (Å²) >= 11 is 0. The molecule has 7 heteroatoms. The van der Waals surface area contributed by atoms with Gasteiger partial charge in [-0.05, 0) is 54.8 Å². The minimum absolute atomic E-state index is 0.00851. The van der Waals surface area contributed by atoms with E-state index in [9.17, 15) is 9.18 Å². The van der Waals surface area contributed by atoms with E-state index in [1.807, 2.05) is 24.3 Å². The van der Waals surface area contributed by atoms with Crippen molar-refractivity contribution in [2.75, 3.05) is 18.0 Å². The molecule has 0 aliphatic carbocycles. The monoisotopic (exact) mass is 380 g/mol. The molecule has 1 fully saturated rings. The van der Waals surface area contributed by atoms with Gasteiger partial charge in [-0.25, -0.2) is 4.39 Å². The quantitative estimate of drug-likeness (QED) is 0.734. The second-order valence-corrected chi connectivity index (χ2v) is 6.88. The molecule has 1 saturated heterocycles. The van der Waals surface area contributed by atoms with E-state index in [4.69, 9.17) is 4.42 Å². The summed E-state index contributed by atoms with van der Waals surface area (Å²) < 4.78 is 18.3. The Bertz CT molecular complexity index is 911. The first-order valence-electron chi connectivity index (χ1n) is 9.34. The van der Waals surface area contributed by atoms with Gasteiger partial charge in [0.25, 0.3) is 0 Å². The molecule has 0 saturated carbocycles. The van der Waals surface area contributed by atoms with Crippen molar-refractivity contribution in [1.82, 2.24) is 15.5 Å². The van der Waals surface area contributed by atoms with Gasteiger partial charge in [0.05, 0.1) is 12.2 Å². The largest absolute Gasteiger partial charge is 0.463 e. The highest BCUT2D eigenvalue weighted by Crippen LogP contribution is 2.23. The number of carbonyl (C=O) groups is 1. The van der Waals surface area contributed by atoms with Gasteiger partial charge in [0.15, 0.2) is 11.6 Å². The maximum Gasteiger partial charge on any atom is 0.225 e. The average molecular weight is 380 g/mol.